The molecule has 0 saturated heterocycles. The van der Waals surface area contributed by atoms with E-state index in [1.54, 1.807) is 6.21 Å². The van der Waals surface area contributed by atoms with Crippen LogP contribution < -0.4 is 0 Å². The Morgan fingerprint density at radius 3 is 2.29 bits per heavy atom. The van der Waals surface area contributed by atoms with E-state index in [4.69, 9.17) is 4.74 Å². The van der Waals surface area contributed by atoms with Gasteiger partial charge in [0.25, 0.3) is 0 Å². The predicted octanol–water partition coefficient (Wildman–Crippen LogP) is 4.74. The van der Waals surface area contributed by atoms with Crippen molar-refractivity contribution in [1.29, 1.82) is 0 Å². The first-order valence-electron chi connectivity index (χ1n) is 6.71. The minimum absolute atomic E-state index is 0.450. The smallest absolute Gasteiger partial charge is 0.433 e. The van der Waals surface area contributed by atoms with Crippen LogP contribution in [0.1, 0.15) is 72.6 Å². The molecular formula is C14H27NO2. The fraction of sp³-hybridized carbons (Fsp3) is 0.857. The third-order valence-corrected chi connectivity index (χ3v) is 2.28. The normalized spacial score (nSPS) is 12.0. The second kappa shape index (κ2) is 9.20. The molecular weight excluding hydrogens is 214 g/mol. The van der Waals surface area contributed by atoms with E-state index < -0.39 is 11.7 Å². The van der Waals surface area contributed by atoms with Gasteiger partial charge in [-0.3, -0.25) is 0 Å². The third kappa shape index (κ3) is 13.1. The quantitative estimate of drug-likeness (QED) is 0.477. The van der Waals surface area contributed by atoms with Crippen LogP contribution in [-0.2, 0) is 4.74 Å². The maximum absolute atomic E-state index is 11.2. The van der Waals surface area contributed by atoms with Crippen molar-refractivity contribution in [1.82, 2.24) is 0 Å². The summed E-state index contributed by atoms with van der Waals surface area (Å²) in [5.74, 6) is 0. The molecule has 0 aromatic carbocycles. The van der Waals surface area contributed by atoms with Crippen molar-refractivity contribution in [3.05, 3.63) is 0 Å². The SMILES string of the molecule is CCCCCCCC/C=N/C(=O)OC(C)(C)C. The lowest BCUT2D eigenvalue weighted by Crippen LogP contribution is -2.21. The van der Waals surface area contributed by atoms with Gasteiger partial charge in [-0.15, -0.1) is 0 Å². The predicted molar refractivity (Wildman–Crippen MR) is 72.7 cm³/mol. The van der Waals surface area contributed by atoms with Crippen LogP contribution in [0, 0.1) is 0 Å². The number of unbranched alkanes of at least 4 members (excludes halogenated alkanes) is 6. The summed E-state index contributed by atoms with van der Waals surface area (Å²) in [7, 11) is 0. The highest BCUT2D eigenvalue weighted by molar-refractivity contribution is 5.79. The van der Waals surface area contributed by atoms with E-state index in [2.05, 4.69) is 11.9 Å². The lowest BCUT2D eigenvalue weighted by molar-refractivity contribution is 0.0605. The Balaban J connectivity index is 3.44. The fourth-order valence-electron chi connectivity index (χ4n) is 1.44. The number of ether oxygens (including phenoxy) is 1. The molecule has 1 amide bonds. The van der Waals surface area contributed by atoms with Crippen molar-refractivity contribution in [2.24, 2.45) is 4.99 Å². The standard InChI is InChI=1S/C14H27NO2/c1-5-6-7-8-9-10-11-12-15-13(16)17-14(2,3)4/h12H,5-11H2,1-4H3/b15-12+. The summed E-state index contributed by atoms with van der Waals surface area (Å²) in [5, 5.41) is 0. The second-order valence-corrected chi connectivity index (χ2v) is 5.35. The number of nitrogens with zero attached hydrogens (tertiary/aromatic N) is 1. The Labute approximate surface area is 106 Å². The zero-order chi connectivity index (χ0) is 13.1. The molecule has 0 aliphatic heterocycles. The van der Waals surface area contributed by atoms with Gasteiger partial charge in [0.1, 0.15) is 5.60 Å². The van der Waals surface area contributed by atoms with E-state index in [1.807, 2.05) is 20.8 Å². The Bertz CT molecular complexity index is 229. The molecule has 0 unspecified atom stereocenters. The number of carbonyl (C=O) groups is 1. The molecule has 100 valence electrons. The molecule has 0 radical (unpaired) electrons. The van der Waals surface area contributed by atoms with E-state index in [0.29, 0.717) is 0 Å². The van der Waals surface area contributed by atoms with Gasteiger partial charge in [0.2, 0.25) is 0 Å². The van der Waals surface area contributed by atoms with E-state index in [1.165, 1.54) is 32.1 Å². The average Bonchev–Trinajstić information content (AvgIpc) is 2.19. The van der Waals surface area contributed by atoms with Crippen molar-refractivity contribution in [2.75, 3.05) is 0 Å². The van der Waals surface area contributed by atoms with Crippen LogP contribution >= 0.6 is 0 Å². The van der Waals surface area contributed by atoms with Crippen LogP contribution in [-0.4, -0.2) is 17.9 Å². The van der Waals surface area contributed by atoms with Crippen LogP contribution in [0.25, 0.3) is 0 Å². The van der Waals surface area contributed by atoms with E-state index in [0.717, 1.165) is 12.8 Å². The molecule has 0 aromatic rings. The molecule has 0 saturated carbocycles. The molecule has 0 N–H and O–H groups in total. The van der Waals surface area contributed by atoms with Crippen molar-refractivity contribution >= 4 is 12.3 Å². The zero-order valence-electron chi connectivity index (χ0n) is 11.8. The highest BCUT2D eigenvalue weighted by Gasteiger charge is 2.14. The molecule has 0 rings (SSSR count). The summed E-state index contributed by atoms with van der Waals surface area (Å²) in [6.07, 6.45) is 9.60. The Kier molecular flexibility index (Phi) is 8.73. The van der Waals surface area contributed by atoms with Gasteiger partial charge in [-0.1, -0.05) is 39.0 Å². The highest BCUT2D eigenvalue weighted by Crippen LogP contribution is 2.08. The maximum atomic E-state index is 11.2. The van der Waals surface area contributed by atoms with Gasteiger partial charge in [0.05, 0.1) is 0 Å². The van der Waals surface area contributed by atoms with Gasteiger partial charge in [0, 0.05) is 6.21 Å². The second-order valence-electron chi connectivity index (χ2n) is 5.35. The number of hydrogen-bond donors (Lipinski definition) is 0. The minimum Gasteiger partial charge on any atom is -0.442 e. The van der Waals surface area contributed by atoms with Gasteiger partial charge in [-0.05, 0) is 33.6 Å². The monoisotopic (exact) mass is 241 g/mol. The Hall–Kier alpha value is -0.860. The summed E-state index contributed by atoms with van der Waals surface area (Å²) in [6.45, 7) is 7.74. The van der Waals surface area contributed by atoms with Crippen molar-refractivity contribution in [2.45, 2.75) is 78.2 Å². The number of rotatable bonds is 7. The fourth-order valence-corrected chi connectivity index (χ4v) is 1.44. The number of aliphatic imine (C=N–C) groups is 1. The molecule has 0 aliphatic rings. The first-order chi connectivity index (χ1) is 7.95. The van der Waals surface area contributed by atoms with Crippen LogP contribution in [0.3, 0.4) is 0 Å². The first kappa shape index (κ1) is 16.1. The van der Waals surface area contributed by atoms with Crippen LogP contribution in [0.2, 0.25) is 0 Å². The lowest BCUT2D eigenvalue weighted by Gasteiger charge is -2.17. The van der Waals surface area contributed by atoms with Gasteiger partial charge in [-0.25, -0.2) is 4.79 Å². The van der Waals surface area contributed by atoms with Crippen molar-refractivity contribution < 1.29 is 9.53 Å². The van der Waals surface area contributed by atoms with E-state index >= 15 is 0 Å². The van der Waals surface area contributed by atoms with Gasteiger partial charge >= 0.3 is 6.09 Å². The Morgan fingerprint density at radius 1 is 1.12 bits per heavy atom. The van der Waals surface area contributed by atoms with Gasteiger partial charge < -0.3 is 4.74 Å². The summed E-state index contributed by atoms with van der Waals surface area (Å²) in [5.41, 5.74) is -0.450. The molecule has 0 fully saturated rings. The lowest BCUT2D eigenvalue weighted by atomic mass is 10.1. The molecule has 0 bridgehead atoms. The number of hydrogen-bond acceptors (Lipinski definition) is 2. The molecule has 0 atom stereocenters. The minimum atomic E-state index is -0.483. The highest BCUT2D eigenvalue weighted by atomic mass is 16.6. The number of amides is 1. The average molecular weight is 241 g/mol. The van der Waals surface area contributed by atoms with Crippen LogP contribution in [0.15, 0.2) is 4.99 Å². The van der Waals surface area contributed by atoms with Crippen LogP contribution in [0.4, 0.5) is 4.79 Å². The zero-order valence-corrected chi connectivity index (χ0v) is 11.8. The molecule has 17 heavy (non-hydrogen) atoms. The summed E-state index contributed by atoms with van der Waals surface area (Å²) in [4.78, 5) is 15.0. The molecule has 0 aliphatic carbocycles. The molecule has 0 spiro atoms. The van der Waals surface area contributed by atoms with E-state index in [9.17, 15) is 4.79 Å². The third-order valence-electron chi connectivity index (χ3n) is 2.28. The largest absolute Gasteiger partial charge is 0.442 e. The maximum Gasteiger partial charge on any atom is 0.433 e. The van der Waals surface area contributed by atoms with Gasteiger partial charge in [-0.2, -0.15) is 4.99 Å². The summed E-state index contributed by atoms with van der Waals surface area (Å²) < 4.78 is 5.06. The summed E-state index contributed by atoms with van der Waals surface area (Å²) in [6, 6.07) is 0. The summed E-state index contributed by atoms with van der Waals surface area (Å²) >= 11 is 0. The molecule has 3 heteroatoms. The van der Waals surface area contributed by atoms with Crippen molar-refractivity contribution in [3.63, 3.8) is 0 Å². The molecule has 0 heterocycles. The molecule has 3 nitrogen and oxygen atoms in total. The van der Waals surface area contributed by atoms with Gasteiger partial charge in [0.15, 0.2) is 0 Å². The topological polar surface area (TPSA) is 38.7 Å². The van der Waals surface area contributed by atoms with E-state index in [-0.39, 0.29) is 0 Å². The first-order valence-corrected chi connectivity index (χ1v) is 6.71. The van der Waals surface area contributed by atoms with Crippen LogP contribution in [0.5, 0.6) is 0 Å². The van der Waals surface area contributed by atoms with Crippen molar-refractivity contribution in [3.8, 4) is 0 Å². The number of carbonyl (C=O) groups excluding carboxylic acids is 1. The molecule has 0 aromatic heterocycles. The Morgan fingerprint density at radius 2 is 1.71 bits per heavy atom.